The molecule has 1 aromatic heterocycles. The zero-order valence-corrected chi connectivity index (χ0v) is 12.9. The Bertz CT molecular complexity index is 455. The molecule has 4 nitrogen and oxygen atoms in total. The second-order valence-corrected chi connectivity index (χ2v) is 6.45. The standard InChI is InChI=1S/C15H26N2O2/c1-9-10(2)19-11(3)13(9)14(18)17-8-12(16)7-15(4,5)6/h12H,7-8,16H2,1-6H3,(H,17,18). The highest BCUT2D eigenvalue weighted by Crippen LogP contribution is 2.21. The Balaban J connectivity index is 2.61. The summed E-state index contributed by atoms with van der Waals surface area (Å²) >= 11 is 0. The van der Waals surface area contributed by atoms with Gasteiger partial charge < -0.3 is 15.5 Å². The van der Waals surface area contributed by atoms with Crippen molar-refractivity contribution < 1.29 is 9.21 Å². The molecule has 0 saturated carbocycles. The quantitative estimate of drug-likeness (QED) is 0.880. The minimum Gasteiger partial charge on any atom is -0.466 e. The minimum absolute atomic E-state index is 0.0300. The fraction of sp³-hybridized carbons (Fsp3) is 0.667. The first kappa shape index (κ1) is 15.8. The normalized spacial score (nSPS) is 13.4. The Kier molecular flexibility index (Phi) is 4.80. The van der Waals surface area contributed by atoms with Crippen molar-refractivity contribution in [3.05, 3.63) is 22.6 Å². The van der Waals surface area contributed by atoms with Gasteiger partial charge in [-0.1, -0.05) is 20.8 Å². The van der Waals surface area contributed by atoms with Gasteiger partial charge in [0.2, 0.25) is 0 Å². The number of hydrogen-bond acceptors (Lipinski definition) is 3. The van der Waals surface area contributed by atoms with Gasteiger partial charge in [-0.25, -0.2) is 0 Å². The summed E-state index contributed by atoms with van der Waals surface area (Å²) in [5.41, 5.74) is 7.74. The Labute approximate surface area is 115 Å². The number of amides is 1. The third kappa shape index (κ3) is 4.39. The third-order valence-electron chi connectivity index (χ3n) is 3.19. The van der Waals surface area contributed by atoms with Crippen LogP contribution in [0.2, 0.25) is 0 Å². The number of carbonyl (C=O) groups excluding carboxylic acids is 1. The summed E-state index contributed by atoms with van der Waals surface area (Å²) in [4.78, 5) is 12.1. The van der Waals surface area contributed by atoms with Crippen molar-refractivity contribution in [3.63, 3.8) is 0 Å². The van der Waals surface area contributed by atoms with E-state index in [4.69, 9.17) is 10.2 Å². The zero-order chi connectivity index (χ0) is 14.8. The molecule has 1 heterocycles. The predicted molar refractivity (Wildman–Crippen MR) is 77.3 cm³/mol. The molecule has 3 N–H and O–H groups in total. The summed E-state index contributed by atoms with van der Waals surface area (Å²) in [6, 6.07) is -0.0300. The summed E-state index contributed by atoms with van der Waals surface area (Å²) in [6.07, 6.45) is 0.871. The van der Waals surface area contributed by atoms with Gasteiger partial charge in [-0.2, -0.15) is 0 Å². The molecule has 0 radical (unpaired) electrons. The summed E-state index contributed by atoms with van der Waals surface area (Å²) in [7, 11) is 0. The van der Waals surface area contributed by atoms with Crippen LogP contribution >= 0.6 is 0 Å². The molecule has 108 valence electrons. The number of rotatable bonds is 4. The van der Waals surface area contributed by atoms with Crippen LogP contribution in [0.4, 0.5) is 0 Å². The van der Waals surface area contributed by atoms with Crippen molar-refractivity contribution in [2.45, 2.75) is 54.0 Å². The van der Waals surface area contributed by atoms with Crippen LogP contribution in [-0.2, 0) is 0 Å². The summed E-state index contributed by atoms with van der Waals surface area (Å²) in [5.74, 6) is 1.36. The van der Waals surface area contributed by atoms with Crippen molar-refractivity contribution in [3.8, 4) is 0 Å². The number of aryl methyl sites for hydroxylation is 2. The van der Waals surface area contributed by atoms with Gasteiger partial charge in [-0.15, -0.1) is 0 Å². The van der Waals surface area contributed by atoms with Gasteiger partial charge in [0.1, 0.15) is 11.5 Å². The minimum atomic E-state index is -0.101. The van der Waals surface area contributed by atoms with E-state index < -0.39 is 0 Å². The van der Waals surface area contributed by atoms with E-state index in [1.54, 1.807) is 0 Å². The Hall–Kier alpha value is -1.29. The molecule has 0 bridgehead atoms. The van der Waals surface area contributed by atoms with Gasteiger partial charge in [-0.3, -0.25) is 4.79 Å². The van der Waals surface area contributed by atoms with Crippen LogP contribution in [0.3, 0.4) is 0 Å². The van der Waals surface area contributed by atoms with Crippen LogP contribution in [0.25, 0.3) is 0 Å². The molecule has 1 amide bonds. The summed E-state index contributed by atoms with van der Waals surface area (Å²) < 4.78 is 5.46. The molecule has 0 saturated heterocycles. The number of hydrogen-bond donors (Lipinski definition) is 2. The first-order valence-corrected chi connectivity index (χ1v) is 6.72. The van der Waals surface area contributed by atoms with Crippen LogP contribution in [0.1, 0.15) is 54.6 Å². The smallest absolute Gasteiger partial charge is 0.255 e. The van der Waals surface area contributed by atoms with E-state index in [1.807, 2.05) is 20.8 Å². The molecule has 1 atom stereocenters. The molecule has 4 heteroatoms. The van der Waals surface area contributed by atoms with Crippen LogP contribution in [0.5, 0.6) is 0 Å². The molecule has 0 aliphatic carbocycles. The molecule has 1 unspecified atom stereocenters. The monoisotopic (exact) mass is 266 g/mol. The fourth-order valence-electron chi connectivity index (χ4n) is 2.30. The fourth-order valence-corrected chi connectivity index (χ4v) is 2.30. The average molecular weight is 266 g/mol. The lowest BCUT2D eigenvalue weighted by Crippen LogP contribution is -2.39. The van der Waals surface area contributed by atoms with E-state index >= 15 is 0 Å². The first-order chi connectivity index (χ1) is 8.61. The maximum absolute atomic E-state index is 12.1. The van der Waals surface area contributed by atoms with Gasteiger partial charge >= 0.3 is 0 Å². The molecule has 1 aromatic rings. The molecule has 0 aliphatic rings. The van der Waals surface area contributed by atoms with Crippen molar-refractivity contribution in [2.24, 2.45) is 11.1 Å². The second kappa shape index (κ2) is 5.78. The van der Waals surface area contributed by atoms with Crippen LogP contribution in [-0.4, -0.2) is 18.5 Å². The zero-order valence-electron chi connectivity index (χ0n) is 12.9. The third-order valence-corrected chi connectivity index (χ3v) is 3.19. The topological polar surface area (TPSA) is 68.3 Å². The Morgan fingerprint density at radius 1 is 1.26 bits per heavy atom. The van der Waals surface area contributed by atoms with Crippen LogP contribution in [0.15, 0.2) is 4.42 Å². The highest BCUT2D eigenvalue weighted by atomic mass is 16.3. The first-order valence-electron chi connectivity index (χ1n) is 6.72. The van der Waals surface area contributed by atoms with Crippen molar-refractivity contribution >= 4 is 5.91 Å². The molecular formula is C15H26N2O2. The van der Waals surface area contributed by atoms with Crippen LogP contribution in [0, 0.1) is 26.2 Å². The van der Waals surface area contributed by atoms with E-state index in [0.717, 1.165) is 17.7 Å². The number of furan rings is 1. The number of nitrogens with one attached hydrogen (secondary N) is 1. The Morgan fingerprint density at radius 3 is 2.26 bits per heavy atom. The van der Waals surface area contributed by atoms with Crippen molar-refractivity contribution in [2.75, 3.05) is 6.54 Å². The lowest BCUT2D eigenvalue weighted by atomic mass is 9.88. The Morgan fingerprint density at radius 2 is 1.84 bits per heavy atom. The van der Waals surface area contributed by atoms with Gasteiger partial charge in [0.05, 0.1) is 5.56 Å². The van der Waals surface area contributed by atoms with E-state index in [1.165, 1.54) is 0 Å². The predicted octanol–water partition coefficient (Wildman–Crippen LogP) is 2.70. The number of carbonyl (C=O) groups is 1. The lowest BCUT2D eigenvalue weighted by molar-refractivity contribution is 0.0946. The summed E-state index contributed by atoms with van der Waals surface area (Å²) in [5, 5.41) is 2.89. The van der Waals surface area contributed by atoms with Crippen molar-refractivity contribution in [1.82, 2.24) is 5.32 Å². The van der Waals surface area contributed by atoms with Gasteiger partial charge in [-0.05, 0) is 32.6 Å². The number of nitrogens with two attached hydrogens (primary N) is 1. The molecule has 0 fully saturated rings. The maximum Gasteiger partial charge on any atom is 0.255 e. The maximum atomic E-state index is 12.1. The SMILES string of the molecule is Cc1oc(C)c(C(=O)NCC(N)CC(C)(C)C)c1C. The van der Waals surface area contributed by atoms with Crippen LogP contribution < -0.4 is 11.1 Å². The van der Waals surface area contributed by atoms with Gasteiger partial charge in [0.25, 0.3) is 5.91 Å². The molecule has 0 spiro atoms. The van der Waals surface area contributed by atoms with Crippen molar-refractivity contribution in [1.29, 1.82) is 0 Å². The largest absolute Gasteiger partial charge is 0.466 e. The molecular weight excluding hydrogens is 240 g/mol. The van der Waals surface area contributed by atoms with E-state index in [0.29, 0.717) is 17.9 Å². The molecule has 0 aromatic carbocycles. The highest BCUT2D eigenvalue weighted by Gasteiger charge is 2.20. The average Bonchev–Trinajstić information content (AvgIpc) is 2.47. The molecule has 1 rings (SSSR count). The second-order valence-electron chi connectivity index (χ2n) is 6.45. The van der Waals surface area contributed by atoms with E-state index in [2.05, 4.69) is 26.1 Å². The molecule has 19 heavy (non-hydrogen) atoms. The lowest BCUT2D eigenvalue weighted by Gasteiger charge is -2.23. The van der Waals surface area contributed by atoms with E-state index in [9.17, 15) is 4.79 Å². The molecule has 0 aliphatic heterocycles. The summed E-state index contributed by atoms with van der Waals surface area (Å²) in [6.45, 7) is 12.5. The highest BCUT2D eigenvalue weighted by molar-refractivity contribution is 5.96. The van der Waals surface area contributed by atoms with E-state index in [-0.39, 0.29) is 17.4 Å². The van der Waals surface area contributed by atoms with Gasteiger partial charge in [0, 0.05) is 18.2 Å². The van der Waals surface area contributed by atoms with Gasteiger partial charge in [0.15, 0.2) is 0 Å².